The lowest BCUT2D eigenvalue weighted by atomic mass is 9.86. The highest BCUT2D eigenvalue weighted by Crippen LogP contribution is 2.27. The van der Waals surface area contributed by atoms with Gasteiger partial charge in [-0.3, -0.25) is 4.90 Å². The third-order valence-corrected chi connectivity index (χ3v) is 4.35. The molecule has 2 N–H and O–H groups in total. The molecule has 0 aliphatic carbocycles. The van der Waals surface area contributed by atoms with Crippen LogP contribution in [0.5, 0.6) is 0 Å². The van der Waals surface area contributed by atoms with Crippen molar-refractivity contribution in [3.63, 3.8) is 0 Å². The van der Waals surface area contributed by atoms with Gasteiger partial charge in [-0.1, -0.05) is 13.8 Å². The zero-order chi connectivity index (χ0) is 12.3. The average molecular weight is 240 g/mol. The molecule has 2 rings (SSSR count). The van der Waals surface area contributed by atoms with E-state index in [1.54, 1.807) is 0 Å². The summed E-state index contributed by atoms with van der Waals surface area (Å²) in [6, 6.07) is 0.542. The van der Waals surface area contributed by atoms with Crippen LogP contribution in [0, 0.1) is 17.8 Å². The smallest absolute Gasteiger partial charge is 0.0509 e. The Morgan fingerprint density at radius 1 is 1.29 bits per heavy atom. The van der Waals surface area contributed by atoms with Gasteiger partial charge in [0.25, 0.3) is 0 Å². The molecule has 3 heteroatoms. The van der Waals surface area contributed by atoms with Crippen LogP contribution in [0.2, 0.25) is 0 Å². The lowest BCUT2D eigenvalue weighted by molar-refractivity contribution is -0.00625. The van der Waals surface area contributed by atoms with Gasteiger partial charge in [0, 0.05) is 32.3 Å². The third-order valence-electron chi connectivity index (χ3n) is 4.35. The molecule has 0 aromatic heterocycles. The molecule has 2 heterocycles. The Morgan fingerprint density at radius 3 is 2.53 bits per heavy atom. The Balaban J connectivity index is 1.96. The first-order valence-corrected chi connectivity index (χ1v) is 7.22. The number of likely N-dealkylation sites (tertiary alicyclic amines) is 1. The van der Waals surface area contributed by atoms with E-state index >= 15 is 0 Å². The quantitative estimate of drug-likeness (QED) is 0.816. The first kappa shape index (κ1) is 13.3. The molecule has 2 fully saturated rings. The van der Waals surface area contributed by atoms with Gasteiger partial charge in [0.15, 0.2) is 0 Å². The number of rotatable bonds is 3. The fourth-order valence-corrected chi connectivity index (χ4v) is 3.69. The van der Waals surface area contributed by atoms with Gasteiger partial charge in [-0.05, 0) is 37.0 Å². The molecule has 0 radical (unpaired) electrons. The predicted molar refractivity (Wildman–Crippen MR) is 70.9 cm³/mol. The van der Waals surface area contributed by atoms with Crippen LogP contribution in [-0.4, -0.2) is 43.8 Å². The van der Waals surface area contributed by atoms with Crippen molar-refractivity contribution in [1.29, 1.82) is 0 Å². The summed E-state index contributed by atoms with van der Waals surface area (Å²) < 4.78 is 5.63. The van der Waals surface area contributed by atoms with E-state index < -0.39 is 0 Å². The molecule has 100 valence electrons. The Kier molecular flexibility index (Phi) is 4.83. The van der Waals surface area contributed by atoms with Crippen molar-refractivity contribution in [2.45, 2.75) is 39.2 Å². The predicted octanol–water partition coefficient (Wildman–Crippen LogP) is 1.72. The van der Waals surface area contributed by atoms with Gasteiger partial charge < -0.3 is 10.5 Å². The van der Waals surface area contributed by atoms with Crippen molar-refractivity contribution in [2.75, 3.05) is 32.8 Å². The van der Waals surface area contributed by atoms with E-state index in [0.29, 0.717) is 12.0 Å². The molecule has 4 unspecified atom stereocenters. The van der Waals surface area contributed by atoms with Gasteiger partial charge in [0.2, 0.25) is 0 Å². The average Bonchev–Trinajstić information content (AvgIpc) is 2.30. The van der Waals surface area contributed by atoms with Crippen molar-refractivity contribution >= 4 is 0 Å². The molecule has 0 bridgehead atoms. The summed E-state index contributed by atoms with van der Waals surface area (Å²) in [6.07, 6.45) is 3.87. The van der Waals surface area contributed by atoms with E-state index in [1.165, 1.54) is 32.4 Å². The van der Waals surface area contributed by atoms with Crippen molar-refractivity contribution in [3.8, 4) is 0 Å². The number of hydrogen-bond acceptors (Lipinski definition) is 3. The highest BCUT2D eigenvalue weighted by molar-refractivity contribution is 4.86. The van der Waals surface area contributed by atoms with Gasteiger partial charge >= 0.3 is 0 Å². The fraction of sp³-hybridized carbons (Fsp3) is 1.00. The van der Waals surface area contributed by atoms with E-state index in [9.17, 15) is 0 Å². The minimum atomic E-state index is 0.542. The van der Waals surface area contributed by atoms with Crippen LogP contribution in [0.25, 0.3) is 0 Å². The zero-order valence-electron chi connectivity index (χ0n) is 11.4. The number of hydrogen-bond donors (Lipinski definition) is 1. The summed E-state index contributed by atoms with van der Waals surface area (Å²) in [6.45, 7) is 9.84. The Morgan fingerprint density at radius 2 is 2.00 bits per heavy atom. The van der Waals surface area contributed by atoms with Crippen LogP contribution in [0.4, 0.5) is 0 Å². The Labute approximate surface area is 106 Å². The molecule has 4 atom stereocenters. The van der Waals surface area contributed by atoms with Gasteiger partial charge in [0.05, 0.1) is 6.61 Å². The molecular weight excluding hydrogens is 212 g/mol. The second kappa shape index (κ2) is 6.17. The van der Waals surface area contributed by atoms with Crippen molar-refractivity contribution in [1.82, 2.24) is 4.90 Å². The number of nitrogens with two attached hydrogens (primary N) is 1. The van der Waals surface area contributed by atoms with Gasteiger partial charge in [-0.2, -0.15) is 0 Å². The Bertz CT molecular complexity index is 218. The van der Waals surface area contributed by atoms with Crippen LogP contribution < -0.4 is 5.73 Å². The van der Waals surface area contributed by atoms with Crippen LogP contribution in [-0.2, 0) is 4.74 Å². The summed E-state index contributed by atoms with van der Waals surface area (Å²) in [4.78, 5) is 2.64. The van der Waals surface area contributed by atoms with Crippen LogP contribution in [0.1, 0.15) is 33.1 Å². The molecule has 2 saturated heterocycles. The molecule has 2 aliphatic heterocycles. The van der Waals surface area contributed by atoms with Gasteiger partial charge in [-0.25, -0.2) is 0 Å². The first-order valence-electron chi connectivity index (χ1n) is 7.22. The van der Waals surface area contributed by atoms with E-state index in [-0.39, 0.29) is 0 Å². The van der Waals surface area contributed by atoms with Crippen LogP contribution >= 0.6 is 0 Å². The molecule has 0 saturated carbocycles. The standard InChI is InChI=1S/C14H28N2O/c1-11-6-12(2)9-16(8-11)14(7-15)13-4-3-5-17-10-13/h11-14H,3-10,15H2,1-2H3. The largest absolute Gasteiger partial charge is 0.381 e. The van der Waals surface area contributed by atoms with E-state index in [4.69, 9.17) is 10.5 Å². The summed E-state index contributed by atoms with van der Waals surface area (Å²) in [7, 11) is 0. The van der Waals surface area contributed by atoms with Crippen LogP contribution in [0.3, 0.4) is 0 Å². The summed E-state index contributed by atoms with van der Waals surface area (Å²) in [5.74, 6) is 2.29. The maximum atomic E-state index is 6.03. The molecule has 17 heavy (non-hydrogen) atoms. The molecular formula is C14H28N2O. The van der Waals surface area contributed by atoms with Gasteiger partial charge in [0.1, 0.15) is 0 Å². The second-order valence-electron chi connectivity index (χ2n) is 6.18. The third kappa shape index (κ3) is 3.43. The lowest BCUT2D eigenvalue weighted by Gasteiger charge is -2.43. The topological polar surface area (TPSA) is 38.5 Å². The lowest BCUT2D eigenvalue weighted by Crippen LogP contribution is -2.52. The maximum Gasteiger partial charge on any atom is 0.0509 e. The minimum absolute atomic E-state index is 0.542. The van der Waals surface area contributed by atoms with Crippen molar-refractivity contribution < 1.29 is 4.74 Å². The van der Waals surface area contributed by atoms with E-state index in [2.05, 4.69) is 18.7 Å². The number of ether oxygens (including phenoxy) is 1. The summed E-state index contributed by atoms with van der Waals surface area (Å²) in [5, 5.41) is 0. The summed E-state index contributed by atoms with van der Waals surface area (Å²) in [5.41, 5.74) is 6.03. The van der Waals surface area contributed by atoms with E-state index in [1.807, 2.05) is 0 Å². The zero-order valence-corrected chi connectivity index (χ0v) is 11.4. The Hall–Kier alpha value is -0.120. The number of piperidine rings is 1. The molecule has 0 spiro atoms. The SMILES string of the molecule is CC1CC(C)CN(C(CN)C2CCCOC2)C1. The molecule has 3 nitrogen and oxygen atoms in total. The maximum absolute atomic E-state index is 6.03. The molecule has 2 aliphatic rings. The monoisotopic (exact) mass is 240 g/mol. The van der Waals surface area contributed by atoms with Gasteiger partial charge in [-0.15, -0.1) is 0 Å². The molecule has 0 aromatic carbocycles. The second-order valence-corrected chi connectivity index (χ2v) is 6.18. The van der Waals surface area contributed by atoms with Crippen molar-refractivity contribution in [3.05, 3.63) is 0 Å². The normalized spacial score (nSPS) is 37.9. The van der Waals surface area contributed by atoms with Crippen LogP contribution in [0.15, 0.2) is 0 Å². The van der Waals surface area contributed by atoms with Crippen molar-refractivity contribution in [2.24, 2.45) is 23.5 Å². The first-order chi connectivity index (χ1) is 8.20. The molecule has 0 amide bonds. The minimum Gasteiger partial charge on any atom is -0.381 e. The fourth-order valence-electron chi connectivity index (χ4n) is 3.69. The summed E-state index contributed by atoms with van der Waals surface area (Å²) >= 11 is 0. The molecule has 0 aromatic rings. The number of nitrogens with zero attached hydrogens (tertiary/aromatic N) is 1. The highest BCUT2D eigenvalue weighted by atomic mass is 16.5. The van der Waals surface area contributed by atoms with E-state index in [0.717, 1.165) is 31.6 Å². The highest BCUT2D eigenvalue weighted by Gasteiger charge is 2.32.